The van der Waals surface area contributed by atoms with Gasteiger partial charge in [0.25, 0.3) is 0 Å². The number of benzene rings is 1. The van der Waals surface area contributed by atoms with Crippen LogP contribution in [0.1, 0.15) is 0 Å². The molecule has 98 valence electrons. The maximum atomic E-state index is 11.9. The summed E-state index contributed by atoms with van der Waals surface area (Å²) < 4.78 is 22.5. The van der Waals surface area contributed by atoms with Crippen molar-refractivity contribution in [2.75, 3.05) is 29.9 Å². The highest BCUT2D eigenvalue weighted by Crippen LogP contribution is 2.14. The number of rotatable bonds is 1. The molecule has 0 unspecified atom stereocenters. The van der Waals surface area contributed by atoms with Crippen molar-refractivity contribution < 1.29 is 13.2 Å². The van der Waals surface area contributed by atoms with Crippen LogP contribution in [-0.2, 0) is 9.84 Å². The normalized spacial score (nSPS) is 18.4. The average molecular weight is 289 g/mol. The summed E-state index contributed by atoms with van der Waals surface area (Å²) >= 11 is 5.74. The zero-order chi connectivity index (χ0) is 13.2. The van der Waals surface area contributed by atoms with Gasteiger partial charge in [0.2, 0.25) is 0 Å². The van der Waals surface area contributed by atoms with Gasteiger partial charge in [0.15, 0.2) is 9.84 Å². The van der Waals surface area contributed by atoms with Gasteiger partial charge in [-0.3, -0.25) is 0 Å². The summed E-state index contributed by atoms with van der Waals surface area (Å²) in [7, 11) is -2.97. The second kappa shape index (κ2) is 5.16. The van der Waals surface area contributed by atoms with Crippen LogP contribution in [0.15, 0.2) is 24.3 Å². The van der Waals surface area contributed by atoms with Gasteiger partial charge in [0.1, 0.15) is 0 Å². The Balaban J connectivity index is 1.95. The number of anilines is 1. The number of hydrogen-bond acceptors (Lipinski definition) is 3. The fourth-order valence-corrected chi connectivity index (χ4v) is 2.98. The van der Waals surface area contributed by atoms with E-state index < -0.39 is 9.84 Å². The summed E-state index contributed by atoms with van der Waals surface area (Å²) in [6.45, 7) is 0.476. The quantitative estimate of drug-likeness (QED) is 0.853. The number of amides is 2. The summed E-state index contributed by atoms with van der Waals surface area (Å²) in [5.74, 6) is 0.0576. The van der Waals surface area contributed by atoms with Crippen LogP contribution in [0, 0.1) is 0 Å². The molecule has 0 aromatic heterocycles. The van der Waals surface area contributed by atoms with Gasteiger partial charge >= 0.3 is 6.03 Å². The van der Waals surface area contributed by atoms with Crippen LogP contribution in [0.25, 0.3) is 0 Å². The molecular formula is C11H13ClN2O3S. The smallest absolute Gasteiger partial charge is 0.321 e. The number of nitrogens with one attached hydrogen (secondary N) is 1. The Bertz CT molecular complexity index is 528. The molecule has 1 aliphatic rings. The Morgan fingerprint density at radius 3 is 2.28 bits per heavy atom. The second-order valence-corrected chi connectivity index (χ2v) is 6.82. The van der Waals surface area contributed by atoms with Crippen molar-refractivity contribution in [2.24, 2.45) is 0 Å². The number of hydrogen-bond donors (Lipinski definition) is 1. The van der Waals surface area contributed by atoms with Crippen molar-refractivity contribution in [1.29, 1.82) is 0 Å². The first kappa shape index (κ1) is 13.2. The predicted molar refractivity (Wildman–Crippen MR) is 70.7 cm³/mol. The van der Waals surface area contributed by atoms with E-state index in [2.05, 4.69) is 5.32 Å². The molecule has 0 atom stereocenters. The molecule has 18 heavy (non-hydrogen) atoms. The first-order valence-corrected chi connectivity index (χ1v) is 7.68. The van der Waals surface area contributed by atoms with E-state index >= 15 is 0 Å². The highest BCUT2D eigenvalue weighted by Gasteiger charge is 2.24. The Morgan fingerprint density at radius 2 is 1.72 bits per heavy atom. The SMILES string of the molecule is O=C(Nc1ccc(Cl)cc1)N1CCS(=O)(=O)CC1. The van der Waals surface area contributed by atoms with Crippen molar-refractivity contribution in [3.63, 3.8) is 0 Å². The van der Waals surface area contributed by atoms with Gasteiger partial charge < -0.3 is 10.2 Å². The molecule has 2 amide bonds. The van der Waals surface area contributed by atoms with E-state index in [1.165, 1.54) is 4.90 Å². The van der Waals surface area contributed by atoms with Crippen LogP contribution < -0.4 is 5.32 Å². The van der Waals surface area contributed by atoms with Crippen LogP contribution in [0.5, 0.6) is 0 Å². The first-order valence-electron chi connectivity index (χ1n) is 5.48. The molecule has 0 aliphatic carbocycles. The Morgan fingerprint density at radius 1 is 1.17 bits per heavy atom. The van der Waals surface area contributed by atoms with Crippen molar-refractivity contribution >= 4 is 33.2 Å². The predicted octanol–water partition coefficient (Wildman–Crippen LogP) is 1.60. The lowest BCUT2D eigenvalue weighted by molar-refractivity contribution is 0.216. The number of urea groups is 1. The van der Waals surface area contributed by atoms with Gasteiger partial charge in [-0.05, 0) is 24.3 Å². The molecule has 1 fully saturated rings. The number of halogens is 1. The van der Waals surface area contributed by atoms with E-state index in [1.807, 2.05) is 0 Å². The zero-order valence-electron chi connectivity index (χ0n) is 9.60. The summed E-state index contributed by atoms with van der Waals surface area (Å²) in [4.78, 5) is 13.3. The fourth-order valence-electron chi connectivity index (χ4n) is 1.65. The summed E-state index contributed by atoms with van der Waals surface area (Å²) in [5.41, 5.74) is 0.637. The lowest BCUT2D eigenvalue weighted by atomic mass is 10.3. The molecule has 5 nitrogen and oxygen atoms in total. The van der Waals surface area contributed by atoms with Gasteiger partial charge in [-0.25, -0.2) is 13.2 Å². The van der Waals surface area contributed by atoms with Crippen LogP contribution >= 0.6 is 11.6 Å². The minimum absolute atomic E-state index is 0.0288. The lowest BCUT2D eigenvalue weighted by Gasteiger charge is -2.26. The average Bonchev–Trinajstić information content (AvgIpc) is 2.32. The molecule has 1 aliphatic heterocycles. The van der Waals surface area contributed by atoms with Gasteiger partial charge in [-0.15, -0.1) is 0 Å². The van der Waals surface area contributed by atoms with Gasteiger partial charge in [-0.1, -0.05) is 11.6 Å². The topological polar surface area (TPSA) is 66.5 Å². The maximum Gasteiger partial charge on any atom is 0.321 e. The van der Waals surface area contributed by atoms with E-state index in [0.717, 1.165) is 0 Å². The van der Waals surface area contributed by atoms with Crippen molar-refractivity contribution in [3.8, 4) is 0 Å². The Hall–Kier alpha value is -1.27. The highest BCUT2D eigenvalue weighted by atomic mass is 35.5. The second-order valence-electron chi connectivity index (χ2n) is 4.08. The molecule has 1 saturated heterocycles. The van der Waals surface area contributed by atoms with Crippen LogP contribution in [-0.4, -0.2) is 43.9 Å². The largest absolute Gasteiger partial charge is 0.322 e. The summed E-state index contributed by atoms with van der Waals surface area (Å²) in [5, 5.41) is 3.29. The van der Waals surface area contributed by atoms with E-state index in [4.69, 9.17) is 11.6 Å². The minimum Gasteiger partial charge on any atom is -0.322 e. The van der Waals surface area contributed by atoms with Gasteiger partial charge in [0, 0.05) is 23.8 Å². The van der Waals surface area contributed by atoms with Crippen molar-refractivity contribution in [1.82, 2.24) is 4.90 Å². The molecule has 0 radical (unpaired) electrons. The molecule has 2 rings (SSSR count). The molecule has 1 aromatic carbocycles. The van der Waals surface area contributed by atoms with E-state index in [9.17, 15) is 13.2 Å². The number of sulfone groups is 1. The molecule has 1 heterocycles. The van der Waals surface area contributed by atoms with Crippen LogP contribution in [0.4, 0.5) is 10.5 Å². The Labute approximate surface area is 111 Å². The van der Waals surface area contributed by atoms with E-state index in [0.29, 0.717) is 10.7 Å². The zero-order valence-corrected chi connectivity index (χ0v) is 11.2. The third kappa shape index (κ3) is 3.36. The number of carbonyl (C=O) groups excluding carboxylic acids is 1. The molecule has 0 bridgehead atoms. The molecule has 0 saturated carbocycles. The Kier molecular flexibility index (Phi) is 3.77. The van der Waals surface area contributed by atoms with E-state index in [-0.39, 0.29) is 30.6 Å². The van der Waals surface area contributed by atoms with E-state index in [1.54, 1.807) is 24.3 Å². The highest BCUT2D eigenvalue weighted by molar-refractivity contribution is 7.91. The first-order chi connectivity index (χ1) is 8.46. The third-order valence-corrected chi connectivity index (χ3v) is 4.59. The summed E-state index contributed by atoms with van der Waals surface area (Å²) in [6, 6.07) is 6.46. The van der Waals surface area contributed by atoms with Crippen LogP contribution in [0.2, 0.25) is 5.02 Å². The van der Waals surface area contributed by atoms with Crippen LogP contribution in [0.3, 0.4) is 0 Å². The van der Waals surface area contributed by atoms with Gasteiger partial charge in [0.05, 0.1) is 11.5 Å². The standard InChI is InChI=1S/C11H13ClN2O3S/c12-9-1-3-10(4-2-9)13-11(15)14-5-7-18(16,17)8-6-14/h1-4H,5-8H2,(H,13,15). The van der Waals surface area contributed by atoms with Crippen molar-refractivity contribution in [3.05, 3.63) is 29.3 Å². The van der Waals surface area contributed by atoms with Crippen molar-refractivity contribution in [2.45, 2.75) is 0 Å². The third-order valence-electron chi connectivity index (χ3n) is 2.73. The summed E-state index contributed by atoms with van der Waals surface area (Å²) in [6.07, 6.45) is 0. The number of nitrogens with zero attached hydrogens (tertiary/aromatic N) is 1. The maximum absolute atomic E-state index is 11.9. The molecule has 1 N–H and O–H groups in total. The minimum atomic E-state index is -2.97. The monoisotopic (exact) mass is 288 g/mol. The van der Waals surface area contributed by atoms with Gasteiger partial charge in [-0.2, -0.15) is 0 Å². The molecular weight excluding hydrogens is 276 g/mol. The fraction of sp³-hybridized carbons (Fsp3) is 0.364. The lowest BCUT2D eigenvalue weighted by Crippen LogP contribution is -2.45. The molecule has 7 heteroatoms. The molecule has 1 aromatic rings. The number of carbonyl (C=O) groups is 1. The molecule has 0 spiro atoms.